The van der Waals surface area contributed by atoms with Gasteiger partial charge in [0.15, 0.2) is 0 Å². The molecular weight excluding hydrogens is 607 g/mol. The molecule has 2 unspecified atom stereocenters. The summed E-state index contributed by atoms with van der Waals surface area (Å²) in [5.41, 5.74) is 18.9. The van der Waals surface area contributed by atoms with E-state index in [2.05, 4.69) is 190 Å². The Morgan fingerprint density at radius 1 is 0.420 bits per heavy atom. The first-order valence-corrected chi connectivity index (χ1v) is 18.4. The maximum atomic E-state index is 2.74. The first kappa shape index (κ1) is 30.8. The van der Waals surface area contributed by atoms with Gasteiger partial charge in [0.25, 0.3) is 0 Å². The Morgan fingerprint density at radius 2 is 0.820 bits per heavy atom. The van der Waals surface area contributed by atoms with E-state index in [1.807, 2.05) is 0 Å². The molecule has 0 saturated heterocycles. The van der Waals surface area contributed by atoms with Crippen molar-refractivity contribution < 1.29 is 0 Å². The molecule has 0 amide bonds. The summed E-state index contributed by atoms with van der Waals surface area (Å²) in [4.78, 5) is 7.82. The molecule has 0 aliphatic carbocycles. The first-order chi connectivity index (χ1) is 24.3. The van der Waals surface area contributed by atoms with Crippen LogP contribution >= 0.6 is 0 Å². The van der Waals surface area contributed by atoms with Crippen LogP contribution in [0.4, 0.5) is 39.8 Å². The van der Waals surface area contributed by atoms with Gasteiger partial charge in [0.1, 0.15) is 6.17 Å². The number of nitrogens with zero attached hydrogens (tertiary/aromatic N) is 3. The van der Waals surface area contributed by atoms with E-state index in [9.17, 15) is 0 Å². The fourth-order valence-corrected chi connectivity index (χ4v) is 9.02. The van der Waals surface area contributed by atoms with Crippen LogP contribution in [0, 0.1) is 0 Å². The van der Waals surface area contributed by atoms with Crippen LogP contribution in [0.15, 0.2) is 133 Å². The Balaban J connectivity index is 1.30. The van der Waals surface area contributed by atoms with Gasteiger partial charge in [0.05, 0.1) is 22.7 Å². The van der Waals surface area contributed by atoms with Crippen molar-refractivity contribution in [2.24, 2.45) is 0 Å². The standard InChI is InChI=1S/C47H45N3/c1-29(2)37-19-13-21-39-31(5)41-27-28-42-32(6)40-22-14-20-38(30(3)4)44(40)50-46(42)45(41)49(43(37)39)47(50)33-23-25-36(26-24-33)48(34-15-9-7-10-16-34)35-17-11-8-12-18-35/h7-32,47H,1-6H3. The third-order valence-electron chi connectivity index (χ3n) is 11.5. The van der Waals surface area contributed by atoms with Gasteiger partial charge in [0, 0.05) is 28.9 Å². The minimum Gasteiger partial charge on any atom is -0.313 e. The summed E-state index contributed by atoms with van der Waals surface area (Å²) in [5.74, 6) is 1.42. The molecule has 3 aliphatic rings. The van der Waals surface area contributed by atoms with Crippen molar-refractivity contribution in [3.05, 3.63) is 172 Å². The van der Waals surface area contributed by atoms with Crippen molar-refractivity contribution in [3.63, 3.8) is 0 Å². The van der Waals surface area contributed by atoms with Crippen molar-refractivity contribution in [2.75, 3.05) is 14.7 Å². The van der Waals surface area contributed by atoms with E-state index in [-0.39, 0.29) is 6.17 Å². The zero-order chi connectivity index (χ0) is 34.3. The molecule has 6 aromatic carbocycles. The zero-order valence-electron chi connectivity index (χ0n) is 29.9. The molecule has 0 aromatic heterocycles. The van der Waals surface area contributed by atoms with Crippen LogP contribution in [0.3, 0.4) is 0 Å². The second kappa shape index (κ2) is 11.7. The summed E-state index contributed by atoms with van der Waals surface area (Å²) in [6.45, 7) is 14.2. The van der Waals surface area contributed by atoms with Crippen molar-refractivity contribution in [1.82, 2.24) is 0 Å². The predicted octanol–water partition coefficient (Wildman–Crippen LogP) is 13.3. The van der Waals surface area contributed by atoms with E-state index < -0.39 is 0 Å². The summed E-state index contributed by atoms with van der Waals surface area (Å²) in [6.07, 6.45) is -0.0295. The van der Waals surface area contributed by atoms with Crippen LogP contribution in [-0.2, 0) is 0 Å². The van der Waals surface area contributed by atoms with Crippen LogP contribution in [0.1, 0.15) is 110 Å². The lowest BCUT2D eigenvalue weighted by atomic mass is 9.79. The maximum Gasteiger partial charge on any atom is 0.137 e. The predicted molar refractivity (Wildman–Crippen MR) is 211 cm³/mol. The lowest BCUT2D eigenvalue weighted by Crippen LogP contribution is -2.35. The molecule has 0 N–H and O–H groups in total. The zero-order valence-corrected chi connectivity index (χ0v) is 29.9. The average Bonchev–Trinajstić information content (AvgIpc) is 3.50. The number of para-hydroxylation sites is 4. The highest BCUT2D eigenvalue weighted by molar-refractivity contribution is 5.99. The minimum absolute atomic E-state index is 0.0295. The van der Waals surface area contributed by atoms with E-state index in [4.69, 9.17) is 0 Å². The van der Waals surface area contributed by atoms with Gasteiger partial charge < -0.3 is 14.7 Å². The average molecular weight is 652 g/mol. The Hall–Kier alpha value is -5.28. The van der Waals surface area contributed by atoms with Crippen molar-refractivity contribution in [1.29, 1.82) is 0 Å². The van der Waals surface area contributed by atoms with E-state index >= 15 is 0 Å². The molecule has 3 nitrogen and oxygen atoms in total. The van der Waals surface area contributed by atoms with Gasteiger partial charge in [0.2, 0.25) is 0 Å². The van der Waals surface area contributed by atoms with Gasteiger partial charge in [-0.15, -0.1) is 0 Å². The molecule has 2 atom stereocenters. The Labute approximate surface area is 297 Å². The summed E-state index contributed by atoms with van der Waals surface area (Å²) in [5, 5.41) is 0. The molecule has 0 bridgehead atoms. The molecule has 0 fully saturated rings. The molecule has 9 rings (SSSR count). The van der Waals surface area contributed by atoms with Gasteiger partial charge in [-0.05, 0) is 87.2 Å². The van der Waals surface area contributed by atoms with Gasteiger partial charge in [-0.2, -0.15) is 0 Å². The first-order valence-electron chi connectivity index (χ1n) is 18.4. The summed E-state index contributed by atoms with van der Waals surface area (Å²) < 4.78 is 0. The SMILES string of the molecule is CC(C)c1cccc2c1N1c3c(ccc4c3N(c3c(C(C)C)cccc3C4C)C1c1ccc(N(c3ccccc3)c3ccccc3)cc1)C2C. The molecule has 0 spiro atoms. The van der Waals surface area contributed by atoms with Crippen molar-refractivity contribution in [2.45, 2.75) is 71.4 Å². The van der Waals surface area contributed by atoms with E-state index in [1.54, 1.807) is 0 Å². The monoisotopic (exact) mass is 651 g/mol. The summed E-state index contributed by atoms with van der Waals surface area (Å²) >= 11 is 0. The highest BCUT2D eigenvalue weighted by Crippen LogP contribution is 2.66. The second-order valence-corrected chi connectivity index (χ2v) is 15.0. The van der Waals surface area contributed by atoms with Gasteiger partial charge in [-0.3, -0.25) is 0 Å². The number of hydrogen-bond donors (Lipinski definition) is 0. The fourth-order valence-electron chi connectivity index (χ4n) is 9.02. The van der Waals surface area contributed by atoms with E-state index in [1.165, 1.54) is 61.7 Å². The van der Waals surface area contributed by atoms with Crippen LogP contribution in [0.25, 0.3) is 0 Å². The molecule has 248 valence electrons. The lowest BCUT2D eigenvalue weighted by molar-refractivity contribution is 0.698. The number of anilines is 7. The fraction of sp³-hybridized carbons (Fsp3) is 0.234. The van der Waals surface area contributed by atoms with Gasteiger partial charge in [-0.25, -0.2) is 0 Å². The number of benzene rings is 6. The van der Waals surface area contributed by atoms with Crippen molar-refractivity contribution in [3.8, 4) is 0 Å². The molecular formula is C47H45N3. The van der Waals surface area contributed by atoms with Crippen molar-refractivity contribution >= 4 is 39.8 Å². The van der Waals surface area contributed by atoms with Crippen LogP contribution in [-0.4, -0.2) is 0 Å². The third kappa shape index (κ3) is 4.42. The van der Waals surface area contributed by atoms with E-state index in [0.29, 0.717) is 23.7 Å². The minimum atomic E-state index is -0.0295. The summed E-state index contributed by atoms with van der Waals surface area (Å²) in [7, 11) is 0. The smallest absolute Gasteiger partial charge is 0.137 e. The third-order valence-corrected chi connectivity index (χ3v) is 11.5. The number of rotatable bonds is 6. The second-order valence-electron chi connectivity index (χ2n) is 15.0. The summed E-state index contributed by atoms with van der Waals surface area (Å²) in [6, 6.07) is 49.7. The number of fused-ring (bicyclic) bond motifs is 4. The lowest BCUT2D eigenvalue weighted by Gasteiger charge is -2.41. The Bertz CT molecular complexity index is 2080. The topological polar surface area (TPSA) is 9.72 Å². The maximum absolute atomic E-state index is 2.74. The highest BCUT2D eigenvalue weighted by Gasteiger charge is 2.50. The molecule has 0 radical (unpaired) electrons. The highest BCUT2D eigenvalue weighted by atomic mass is 15.4. The van der Waals surface area contributed by atoms with Crippen LogP contribution < -0.4 is 14.7 Å². The number of hydrogen-bond acceptors (Lipinski definition) is 3. The molecule has 50 heavy (non-hydrogen) atoms. The molecule has 3 aliphatic heterocycles. The normalized spacial score (nSPS) is 18.3. The quantitative estimate of drug-likeness (QED) is 0.177. The van der Waals surface area contributed by atoms with Crippen LogP contribution in [0.2, 0.25) is 0 Å². The van der Waals surface area contributed by atoms with Gasteiger partial charge >= 0.3 is 0 Å². The van der Waals surface area contributed by atoms with Crippen LogP contribution in [0.5, 0.6) is 0 Å². The molecule has 0 saturated carbocycles. The van der Waals surface area contributed by atoms with E-state index in [0.717, 1.165) is 17.1 Å². The molecule has 6 aromatic rings. The Morgan fingerprint density at radius 3 is 1.24 bits per heavy atom. The molecule has 3 heterocycles. The molecule has 3 heteroatoms. The Kier molecular flexibility index (Phi) is 7.17. The van der Waals surface area contributed by atoms with Gasteiger partial charge in [-0.1, -0.05) is 139 Å². The largest absolute Gasteiger partial charge is 0.313 e.